The number of hydrogen-bond donors (Lipinski definition) is 0. The number of carbonyl (C=O) groups excluding carboxylic acids is 1. The van der Waals surface area contributed by atoms with Gasteiger partial charge in [0.1, 0.15) is 0 Å². The smallest absolute Gasteiger partial charge is 0.169 e. The van der Waals surface area contributed by atoms with Crippen LogP contribution in [0.4, 0.5) is 0 Å². The number of rotatable bonds is 4. The molecule has 0 aliphatic heterocycles. The molecule has 2 rings (SSSR count). The van der Waals surface area contributed by atoms with E-state index in [0.717, 1.165) is 22.3 Å². The van der Waals surface area contributed by atoms with E-state index >= 15 is 0 Å². The van der Waals surface area contributed by atoms with Crippen LogP contribution in [0.1, 0.15) is 28.7 Å². The summed E-state index contributed by atoms with van der Waals surface area (Å²) in [5, 5.41) is 4.90. The molecular weight excluding hydrogens is 328 g/mol. The molecule has 5 heteroatoms. The van der Waals surface area contributed by atoms with Crippen LogP contribution in [-0.2, 0) is 19.9 Å². The lowest BCUT2D eigenvalue weighted by Gasteiger charge is -2.05. The van der Waals surface area contributed by atoms with Crippen molar-refractivity contribution in [2.24, 2.45) is 7.05 Å². The molecule has 0 spiro atoms. The first-order valence-electron chi connectivity index (χ1n) is 6.01. The van der Waals surface area contributed by atoms with Gasteiger partial charge >= 0.3 is 0 Å². The Morgan fingerprint density at radius 1 is 1.42 bits per heavy atom. The number of aryl methyl sites for hydroxylation is 2. The summed E-state index contributed by atoms with van der Waals surface area (Å²) in [5.41, 5.74) is 2.51. The summed E-state index contributed by atoms with van der Waals surface area (Å²) in [6.45, 7) is 2.04. The van der Waals surface area contributed by atoms with Gasteiger partial charge in [-0.2, -0.15) is 5.10 Å². The first kappa shape index (κ1) is 14.3. The maximum Gasteiger partial charge on any atom is 0.169 e. The fourth-order valence-electron chi connectivity index (χ4n) is 1.88. The molecule has 1 aromatic carbocycles. The highest BCUT2D eigenvalue weighted by Gasteiger charge is 2.14. The average molecular weight is 342 g/mol. The summed E-state index contributed by atoms with van der Waals surface area (Å²) < 4.78 is 2.52. The largest absolute Gasteiger partial charge is 0.294 e. The predicted octanol–water partition coefficient (Wildman–Crippen LogP) is 3.82. The summed E-state index contributed by atoms with van der Waals surface area (Å²) in [6, 6.07) is 7.19. The zero-order valence-electron chi connectivity index (χ0n) is 10.8. The average Bonchev–Trinajstić information content (AvgIpc) is 2.73. The Morgan fingerprint density at radius 2 is 2.16 bits per heavy atom. The number of ketones is 1. The van der Waals surface area contributed by atoms with Gasteiger partial charge in [0.25, 0.3) is 0 Å². The number of hydrogen-bond acceptors (Lipinski definition) is 2. The van der Waals surface area contributed by atoms with Crippen molar-refractivity contribution in [2.75, 3.05) is 0 Å². The molecule has 0 aliphatic rings. The van der Waals surface area contributed by atoms with E-state index < -0.39 is 0 Å². The second-order valence-corrected chi connectivity index (χ2v) is 5.62. The number of nitrogens with zero attached hydrogens (tertiary/aromatic N) is 2. The normalized spacial score (nSPS) is 10.7. The summed E-state index contributed by atoms with van der Waals surface area (Å²) in [4.78, 5) is 12.3. The maximum atomic E-state index is 12.3. The molecule has 1 heterocycles. The number of aromatic nitrogens is 2. The molecule has 0 amide bonds. The van der Waals surface area contributed by atoms with Crippen LogP contribution < -0.4 is 0 Å². The van der Waals surface area contributed by atoms with E-state index in [0.29, 0.717) is 17.0 Å². The van der Waals surface area contributed by atoms with Gasteiger partial charge in [-0.05, 0) is 30.7 Å². The van der Waals surface area contributed by atoms with Crippen LogP contribution in [0.3, 0.4) is 0 Å². The molecule has 3 nitrogen and oxygen atoms in total. The Kier molecular flexibility index (Phi) is 4.42. The highest BCUT2D eigenvalue weighted by atomic mass is 79.9. The SMILES string of the molecule is CCc1cc(CC(=O)c2cc(Cl)ccc2Br)n(C)n1. The van der Waals surface area contributed by atoms with Gasteiger partial charge in [-0.15, -0.1) is 0 Å². The van der Waals surface area contributed by atoms with Crippen LogP contribution in [0.2, 0.25) is 5.02 Å². The van der Waals surface area contributed by atoms with Crippen molar-refractivity contribution in [1.29, 1.82) is 0 Å². The third-order valence-corrected chi connectivity index (χ3v) is 3.89. The first-order chi connectivity index (χ1) is 9.01. The molecule has 0 unspecified atom stereocenters. The molecule has 19 heavy (non-hydrogen) atoms. The van der Waals surface area contributed by atoms with E-state index in [1.54, 1.807) is 22.9 Å². The highest BCUT2D eigenvalue weighted by Crippen LogP contribution is 2.22. The van der Waals surface area contributed by atoms with E-state index in [-0.39, 0.29) is 5.78 Å². The summed E-state index contributed by atoms with van der Waals surface area (Å²) >= 11 is 9.31. The summed E-state index contributed by atoms with van der Waals surface area (Å²) in [7, 11) is 1.86. The second kappa shape index (κ2) is 5.88. The van der Waals surface area contributed by atoms with E-state index in [2.05, 4.69) is 21.0 Å². The third-order valence-electron chi connectivity index (χ3n) is 2.96. The lowest BCUT2D eigenvalue weighted by molar-refractivity contribution is 0.0990. The van der Waals surface area contributed by atoms with Crippen LogP contribution in [-0.4, -0.2) is 15.6 Å². The molecule has 0 bridgehead atoms. The Morgan fingerprint density at radius 3 is 2.79 bits per heavy atom. The van der Waals surface area contributed by atoms with Crippen LogP contribution >= 0.6 is 27.5 Å². The van der Waals surface area contributed by atoms with Crippen LogP contribution in [0.25, 0.3) is 0 Å². The minimum Gasteiger partial charge on any atom is -0.294 e. The van der Waals surface area contributed by atoms with E-state index in [1.807, 2.05) is 20.0 Å². The number of Topliss-reactive ketones (excluding diaryl/α,β-unsaturated/α-hetero) is 1. The Labute approximate surface area is 125 Å². The molecule has 0 saturated heterocycles. The molecule has 100 valence electrons. The predicted molar refractivity (Wildman–Crippen MR) is 79.8 cm³/mol. The van der Waals surface area contributed by atoms with Gasteiger partial charge in [0.15, 0.2) is 5.78 Å². The zero-order valence-corrected chi connectivity index (χ0v) is 13.1. The fourth-order valence-corrected chi connectivity index (χ4v) is 2.52. The van der Waals surface area contributed by atoms with Crippen LogP contribution in [0, 0.1) is 0 Å². The molecule has 0 fully saturated rings. The number of benzene rings is 1. The van der Waals surface area contributed by atoms with Crippen LogP contribution in [0.15, 0.2) is 28.7 Å². The Hall–Kier alpha value is -1.13. The van der Waals surface area contributed by atoms with Gasteiger partial charge < -0.3 is 0 Å². The van der Waals surface area contributed by atoms with Crippen molar-refractivity contribution in [1.82, 2.24) is 9.78 Å². The molecule has 1 aromatic heterocycles. The van der Waals surface area contributed by atoms with Gasteiger partial charge in [-0.1, -0.05) is 34.5 Å². The quantitative estimate of drug-likeness (QED) is 0.792. The van der Waals surface area contributed by atoms with Crippen molar-refractivity contribution in [3.05, 3.63) is 50.7 Å². The minimum absolute atomic E-state index is 0.0278. The highest BCUT2D eigenvalue weighted by molar-refractivity contribution is 9.10. The standard InChI is InChI=1S/C14H14BrClN2O/c1-3-10-7-11(18(2)17-10)8-14(19)12-6-9(16)4-5-13(12)15/h4-7H,3,8H2,1-2H3. The monoisotopic (exact) mass is 340 g/mol. The molecule has 2 aromatic rings. The molecule has 0 atom stereocenters. The van der Waals surface area contributed by atoms with Crippen molar-refractivity contribution in [3.63, 3.8) is 0 Å². The van der Waals surface area contributed by atoms with Gasteiger partial charge in [-0.3, -0.25) is 9.48 Å². The van der Waals surface area contributed by atoms with Crippen molar-refractivity contribution in [3.8, 4) is 0 Å². The lowest BCUT2D eigenvalue weighted by Crippen LogP contribution is -2.08. The lowest BCUT2D eigenvalue weighted by atomic mass is 10.1. The molecule has 0 N–H and O–H groups in total. The fraction of sp³-hybridized carbons (Fsp3) is 0.286. The van der Waals surface area contributed by atoms with Gasteiger partial charge in [0.05, 0.1) is 12.1 Å². The Balaban J connectivity index is 2.25. The molecule has 0 saturated carbocycles. The van der Waals surface area contributed by atoms with E-state index in [4.69, 9.17) is 11.6 Å². The van der Waals surface area contributed by atoms with Crippen molar-refractivity contribution < 1.29 is 4.79 Å². The number of carbonyl (C=O) groups is 1. The summed E-state index contributed by atoms with van der Waals surface area (Å²) in [6.07, 6.45) is 1.19. The van der Waals surface area contributed by atoms with Gasteiger partial charge in [0, 0.05) is 27.8 Å². The van der Waals surface area contributed by atoms with Gasteiger partial charge in [-0.25, -0.2) is 0 Å². The molecule has 0 radical (unpaired) electrons. The van der Waals surface area contributed by atoms with Gasteiger partial charge in [0.2, 0.25) is 0 Å². The molecular formula is C14H14BrClN2O. The third kappa shape index (κ3) is 3.25. The van der Waals surface area contributed by atoms with E-state index in [1.165, 1.54) is 0 Å². The van der Waals surface area contributed by atoms with Crippen molar-refractivity contribution >= 4 is 33.3 Å². The zero-order chi connectivity index (χ0) is 14.0. The van der Waals surface area contributed by atoms with Crippen molar-refractivity contribution in [2.45, 2.75) is 19.8 Å². The minimum atomic E-state index is 0.0278. The topological polar surface area (TPSA) is 34.9 Å². The van der Waals surface area contributed by atoms with Crippen LogP contribution in [0.5, 0.6) is 0 Å². The number of halogens is 2. The summed E-state index contributed by atoms with van der Waals surface area (Å²) in [5.74, 6) is 0.0278. The Bertz CT molecular complexity index is 622. The molecule has 0 aliphatic carbocycles. The van der Waals surface area contributed by atoms with E-state index in [9.17, 15) is 4.79 Å². The first-order valence-corrected chi connectivity index (χ1v) is 7.18. The maximum absolute atomic E-state index is 12.3. The second-order valence-electron chi connectivity index (χ2n) is 4.33.